The van der Waals surface area contributed by atoms with Crippen LogP contribution in [-0.4, -0.2) is 43.4 Å². The molecule has 7 heteroatoms. The van der Waals surface area contributed by atoms with Gasteiger partial charge in [-0.2, -0.15) is 0 Å². The molecule has 2 aliphatic rings. The summed E-state index contributed by atoms with van der Waals surface area (Å²) >= 11 is 0. The van der Waals surface area contributed by atoms with E-state index >= 15 is 0 Å². The quantitative estimate of drug-likeness (QED) is 0.886. The molecule has 0 aliphatic carbocycles. The SMILES string of the molecule is O=C(NC1CCS(=O)(=O)C1)c1cncc(N2CCc3ccccc3C2)c1. The number of carbonyl (C=O) groups is 1. The molecule has 0 bridgehead atoms. The fourth-order valence-corrected chi connectivity index (χ4v) is 5.29. The van der Waals surface area contributed by atoms with Crippen molar-refractivity contribution in [3.63, 3.8) is 0 Å². The lowest BCUT2D eigenvalue weighted by atomic mass is 9.99. The molecule has 1 aromatic heterocycles. The number of nitrogens with one attached hydrogen (secondary N) is 1. The van der Waals surface area contributed by atoms with Crippen molar-refractivity contribution in [2.75, 3.05) is 23.0 Å². The summed E-state index contributed by atoms with van der Waals surface area (Å²) < 4.78 is 23.1. The molecule has 1 amide bonds. The zero-order chi connectivity index (χ0) is 18.1. The Kier molecular flexibility index (Phi) is 4.40. The minimum atomic E-state index is -3.02. The third kappa shape index (κ3) is 3.58. The maximum atomic E-state index is 12.5. The normalized spacial score (nSPS) is 21.2. The molecule has 0 saturated carbocycles. The van der Waals surface area contributed by atoms with Crippen molar-refractivity contribution in [1.82, 2.24) is 10.3 Å². The first-order valence-electron chi connectivity index (χ1n) is 8.78. The third-order valence-corrected chi connectivity index (χ3v) is 6.82. The lowest BCUT2D eigenvalue weighted by molar-refractivity contribution is 0.0941. The van der Waals surface area contributed by atoms with Crippen LogP contribution in [0.15, 0.2) is 42.7 Å². The van der Waals surface area contributed by atoms with Crippen molar-refractivity contribution in [2.45, 2.75) is 25.4 Å². The number of benzene rings is 1. The summed E-state index contributed by atoms with van der Waals surface area (Å²) in [5, 5.41) is 2.82. The number of carbonyl (C=O) groups excluding carboxylic acids is 1. The molecular formula is C19H21N3O3S. The number of amides is 1. The van der Waals surface area contributed by atoms with Crippen LogP contribution in [0.4, 0.5) is 5.69 Å². The highest BCUT2D eigenvalue weighted by Gasteiger charge is 2.29. The average Bonchev–Trinajstić information content (AvgIpc) is 2.99. The second-order valence-electron chi connectivity index (χ2n) is 6.95. The fourth-order valence-electron chi connectivity index (χ4n) is 3.62. The summed E-state index contributed by atoms with van der Waals surface area (Å²) in [5.41, 5.74) is 4.04. The van der Waals surface area contributed by atoms with Crippen LogP contribution in [0.1, 0.15) is 27.9 Å². The molecular weight excluding hydrogens is 350 g/mol. The predicted molar refractivity (Wildman–Crippen MR) is 100.0 cm³/mol. The van der Waals surface area contributed by atoms with E-state index in [1.165, 1.54) is 17.3 Å². The highest BCUT2D eigenvalue weighted by atomic mass is 32.2. The van der Waals surface area contributed by atoms with Gasteiger partial charge in [0.05, 0.1) is 29.0 Å². The Morgan fingerprint density at radius 3 is 2.77 bits per heavy atom. The van der Waals surface area contributed by atoms with E-state index in [0.29, 0.717) is 12.0 Å². The second-order valence-corrected chi connectivity index (χ2v) is 9.17. The summed E-state index contributed by atoms with van der Waals surface area (Å²) in [4.78, 5) is 18.9. The van der Waals surface area contributed by atoms with Crippen LogP contribution in [0.2, 0.25) is 0 Å². The molecule has 3 heterocycles. The van der Waals surface area contributed by atoms with Gasteiger partial charge in [0.25, 0.3) is 5.91 Å². The molecule has 26 heavy (non-hydrogen) atoms. The minimum absolute atomic E-state index is 0.0226. The number of rotatable bonds is 3. The van der Waals surface area contributed by atoms with Crippen molar-refractivity contribution in [1.29, 1.82) is 0 Å². The lowest BCUT2D eigenvalue weighted by Crippen LogP contribution is -2.36. The number of hydrogen-bond donors (Lipinski definition) is 1. The minimum Gasteiger partial charge on any atom is -0.366 e. The van der Waals surface area contributed by atoms with Crippen molar-refractivity contribution in [2.24, 2.45) is 0 Å². The predicted octanol–water partition coefficient (Wildman–Crippen LogP) is 1.56. The number of aromatic nitrogens is 1. The Bertz CT molecular complexity index is 943. The van der Waals surface area contributed by atoms with Crippen LogP contribution >= 0.6 is 0 Å². The van der Waals surface area contributed by atoms with Crippen LogP contribution in [0, 0.1) is 0 Å². The van der Waals surface area contributed by atoms with Crippen LogP contribution in [0.3, 0.4) is 0 Å². The first kappa shape index (κ1) is 17.0. The van der Waals surface area contributed by atoms with Crippen LogP contribution in [0.5, 0.6) is 0 Å². The number of pyridine rings is 1. The van der Waals surface area contributed by atoms with E-state index in [9.17, 15) is 13.2 Å². The van der Waals surface area contributed by atoms with Gasteiger partial charge in [-0.15, -0.1) is 0 Å². The molecule has 1 aromatic carbocycles. The van der Waals surface area contributed by atoms with Crippen LogP contribution < -0.4 is 10.2 Å². The van der Waals surface area contributed by atoms with E-state index in [0.717, 1.165) is 25.2 Å². The number of fused-ring (bicyclic) bond motifs is 1. The average molecular weight is 371 g/mol. The fraction of sp³-hybridized carbons (Fsp3) is 0.368. The van der Waals surface area contributed by atoms with Gasteiger partial charge in [-0.25, -0.2) is 8.42 Å². The van der Waals surface area contributed by atoms with Gasteiger partial charge >= 0.3 is 0 Å². The van der Waals surface area contributed by atoms with E-state index in [1.807, 2.05) is 12.1 Å². The van der Waals surface area contributed by atoms with Crippen LogP contribution in [-0.2, 0) is 22.8 Å². The first-order valence-corrected chi connectivity index (χ1v) is 10.6. The molecule has 6 nitrogen and oxygen atoms in total. The monoisotopic (exact) mass is 371 g/mol. The molecule has 136 valence electrons. The summed E-state index contributed by atoms with van der Waals surface area (Å²) in [6.07, 6.45) is 4.74. The third-order valence-electron chi connectivity index (χ3n) is 5.05. The lowest BCUT2D eigenvalue weighted by Gasteiger charge is -2.30. The number of hydrogen-bond acceptors (Lipinski definition) is 5. The van der Waals surface area contributed by atoms with E-state index in [1.54, 1.807) is 6.20 Å². The Hall–Kier alpha value is -2.41. The van der Waals surface area contributed by atoms with Gasteiger partial charge in [0, 0.05) is 25.3 Å². The van der Waals surface area contributed by atoms with E-state index in [-0.39, 0.29) is 23.5 Å². The van der Waals surface area contributed by atoms with Crippen molar-refractivity contribution in [3.8, 4) is 0 Å². The van der Waals surface area contributed by atoms with Gasteiger partial charge in [0.15, 0.2) is 9.84 Å². The highest BCUT2D eigenvalue weighted by Crippen LogP contribution is 2.24. The van der Waals surface area contributed by atoms with Gasteiger partial charge in [-0.3, -0.25) is 9.78 Å². The van der Waals surface area contributed by atoms with Gasteiger partial charge in [0.1, 0.15) is 0 Å². The summed E-state index contributed by atoms with van der Waals surface area (Å²) in [6, 6.07) is 9.92. The summed E-state index contributed by atoms with van der Waals surface area (Å²) in [6.45, 7) is 1.68. The van der Waals surface area contributed by atoms with Gasteiger partial charge in [-0.1, -0.05) is 24.3 Å². The van der Waals surface area contributed by atoms with Gasteiger partial charge < -0.3 is 10.2 Å². The smallest absolute Gasteiger partial charge is 0.253 e. The zero-order valence-electron chi connectivity index (χ0n) is 14.4. The maximum Gasteiger partial charge on any atom is 0.253 e. The molecule has 1 N–H and O–H groups in total. The standard InChI is InChI=1S/C19H21N3O3S/c23-19(21-17-6-8-26(24,25)13-17)16-9-18(11-20-10-16)22-7-5-14-3-1-2-4-15(14)12-22/h1-4,9-11,17H,5-8,12-13H2,(H,21,23). The van der Waals surface area contributed by atoms with E-state index in [2.05, 4.69) is 33.4 Å². The molecule has 1 fully saturated rings. The first-order chi connectivity index (χ1) is 12.5. The van der Waals surface area contributed by atoms with Crippen molar-refractivity contribution in [3.05, 3.63) is 59.4 Å². The molecule has 0 spiro atoms. The maximum absolute atomic E-state index is 12.5. The largest absolute Gasteiger partial charge is 0.366 e. The number of sulfone groups is 1. The van der Waals surface area contributed by atoms with Crippen molar-refractivity contribution >= 4 is 21.4 Å². The Morgan fingerprint density at radius 2 is 2.00 bits per heavy atom. The van der Waals surface area contributed by atoms with Gasteiger partial charge in [0.2, 0.25) is 0 Å². The van der Waals surface area contributed by atoms with Crippen LogP contribution in [0.25, 0.3) is 0 Å². The van der Waals surface area contributed by atoms with Crippen molar-refractivity contribution < 1.29 is 13.2 Å². The molecule has 2 aliphatic heterocycles. The number of anilines is 1. The molecule has 4 rings (SSSR count). The second kappa shape index (κ2) is 6.72. The molecule has 1 unspecified atom stereocenters. The Morgan fingerprint density at radius 1 is 1.19 bits per heavy atom. The highest BCUT2D eigenvalue weighted by molar-refractivity contribution is 7.91. The summed E-state index contributed by atoms with van der Waals surface area (Å²) in [5.74, 6) is -0.100. The van der Waals surface area contributed by atoms with Gasteiger partial charge in [-0.05, 0) is 30.0 Å². The Balaban J connectivity index is 1.48. The molecule has 0 radical (unpaired) electrons. The molecule has 1 atom stereocenters. The molecule has 1 saturated heterocycles. The number of nitrogens with zero attached hydrogens (tertiary/aromatic N) is 2. The topological polar surface area (TPSA) is 79.4 Å². The van der Waals surface area contributed by atoms with E-state index in [4.69, 9.17) is 0 Å². The molecule has 2 aromatic rings. The van der Waals surface area contributed by atoms with E-state index < -0.39 is 9.84 Å². The Labute approximate surface area is 153 Å². The summed E-state index contributed by atoms with van der Waals surface area (Å²) in [7, 11) is -3.02. The zero-order valence-corrected chi connectivity index (χ0v) is 15.2.